The van der Waals surface area contributed by atoms with Crippen LogP contribution in [0.2, 0.25) is 0 Å². The molecule has 2 aromatic heterocycles. The van der Waals surface area contributed by atoms with Crippen molar-refractivity contribution in [2.45, 2.75) is 13.5 Å². The SMILES string of the molecule is Cc1ccccc1OCCNC(=O)Cn1cnc2c(c(Br)nn2C)c1=O. The number of ether oxygens (including phenoxy) is 1. The van der Waals surface area contributed by atoms with Crippen molar-refractivity contribution in [2.75, 3.05) is 13.2 Å². The number of benzene rings is 1. The maximum atomic E-state index is 12.5. The van der Waals surface area contributed by atoms with E-state index in [1.165, 1.54) is 15.6 Å². The second-order valence-corrected chi connectivity index (χ2v) is 6.51. The number of hydrogen-bond donors (Lipinski definition) is 1. The average Bonchev–Trinajstić information content (AvgIpc) is 2.90. The lowest BCUT2D eigenvalue weighted by Gasteiger charge is -2.10. The van der Waals surface area contributed by atoms with Gasteiger partial charge in [-0.15, -0.1) is 0 Å². The van der Waals surface area contributed by atoms with Crippen LogP contribution in [-0.4, -0.2) is 38.4 Å². The molecular formula is C17H18BrN5O3. The predicted molar refractivity (Wildman–Crippen MR) is 100 cm³/mol. The third-order valence-electron chi connectivity index (χ3n) is 3.86. The second kappa shape index (κ2) is 7.69. The van der Waals surface area contributed by atoms with Crippen molar-refractivity contribution >= 4 is 32.9 Å². The van der Waals surface area contributed by atoms with Crippen molar-refractivity contribution in [1.29, 1.82) is 0 Å². The number of aryl methyl sites for hydroxylation is 2. The van der Waals surface area contributed by atoms with Crippen LogP contribution >= 0.6 is 15.9 Å². The Labute approximate surface area is 157 Å². The van der Waals surface area contributed by atoms with Crippen LogP contribution in [0.1, 0.15) is 5.56 Å². The van der Waals surface area contributed by atoms with Gasteiger partial charge in [-0.1, -0.05) is 18.2 Å². The lowest BCUT2D eigenvalue weighted by atomic mass is 10.2. The van der Waals surface area contributed by atoms with E-state index in [9.17, 15) is 9.59 Å². The summed E-state index contributed by atoms with van der Waals surface area (Å²) in [5.74, 6) is 0.496. The molecule has 2 heterocycles. The number of halogens is 1. The lowest BCUT2D eigenvalue weighted by molar-refractivity contribution is -0.121. The summed E-state index contributed by atoms with van der Waals surface area (Å²) in [4.78, 5) is 28.8. The smallest absolute Gasteiger partial charge is 0.266 e. The fourth-order valence-electron chi connectivity index (χ4n) is 2.53. The van der Waals surface area contributed by atoms with Gasteiger partial charge in [0.05, 0.1) is 6.54 Å². The largest absolute Gasteiger partial charge is 0.491 e. The number of para-hydroxylation sites is 1. The molecule has 0 aliphatic carbocycles. The first kappa shape index (κ1) is 18.1. The second-order valence-electron chi connectivity index (χ2n) is 5.75. The zero-order valence-corrected chi connectivity index (χ0v) is 16.0. The number of carbonyl (C=O) groups excluding carboxylic acids is 1. The van der Waals surface area contributed by atoms with E-state index >= 15 is 0 Å². The number of aromatic nitrogens is 4. The highest BCUT2D eigenvalue weighted by molar-refractivity contribution is 9.10. The zero-order valence-electron chi connectivity index (χ0n) is 14.4. The average molecular weight is 420 g/mol. The van der Waals surface area contributed by atoms with E-state index in [0.717, 1.165) is 11.3 Å². The van der Waals surface area contributed by atoms with E-state index < -0.39 is 0 Å². The topological polar surface area (TPSA) is 91.0 Å². The van der Waals surface area contributed by atoms with Crippen molar-refractivity contribution in [3.8, 4) is 5.75 Å². The van der Waals surface area contributed by atoms with E-state index in [1.54, 1.807) is 7.05 Å². The van der Waals surface area contributed by atoms with Gasteiger partial charge in [-0.2, -0.15) is 5.10 Å². The molecule has 0 saturated carbocycles. The van der Waals surface area contributed by atoms with Crippen LogP contribution in [0.25, 0.3) is 11.0 Å². The van der Waals surface area contributed by atoms with Crippen molar-refractivity contribution < 1.29 is 9.53 Å². The van der Waals surface area contributed by atoms with E-state index in [4.69, 9.17) is 4.74 Å². The molecule has 0 radical (unpaired) electrons. The van der Waals surface area contributed by atoms with Gasteiger partial charge in [-0.3, -0.25) is 14.2 Å². The van der Waals surface area contributed by atoms with Crippen LogP contribution < -0.4 is 15.6 Å². The Morgan fingerprint density at radius 3 is 2.88 bits per heavy atom. The number of fused-ring (bicyclic) bond motifs is 1. The van der Waals surface area contributed by atoms with Gasteiger partial charge in [0.15, 0.2) is 5.65 Å². The molecule has 1 amide bonds. The fourth-order valence-corrected chi connectivity index (χ4v) is 3.11. The van der Waals surface area contributed by atoms with E-state index in [0.29, 0.717) is 28.8 Å². The molecule has 136 valence electrons. The minimum atomic E-state index is -0.318. The molecule has 0 fully saturated rings. The summed E-state index contributed by atoms with van der Waals surface area (Å²) in [7, 11) is 1.70. The van der Waals surface area contributed by atoms with Crippen LogP contribution in [0.4, 0.5) is 0 Å². The zero-order chi connectivity index (χ0) is 18.7. The van der Waals surface area contributed by atoms with Gasteiger partial charge in [0.1, 0.15) is 35.2 Å². The molecule has 26 heavy (non-hydrogen) atoms. The molecule has 0 aliphatic rings. The van der Waals surface area contributed by atoms with Crippen molar-refractivity contribution in [2.24, 2.45) is 7.05 Å². The highest BCUT2D eigenvalue weighted by atomic mass is 79.9. The Balaban J connectivity index is 1.58. The third-order valence-corrected chi connectivity index (χ3v) is 4.41. The molecular weight excluding hydrogens is 402 g/mol. The molecule has 1 aromatic carbocycles. The third kappa shape index (κ3) is 3.77. The Kier molecular flexibility index (Phi) is 5.36. The van der Waals surface area contributed by atoms with Crippen LogP contribution in [-0.2, 0) is 18.4 Å². The Morgan fingerprint density at radius 2 is 2.12 bits per heavy atom. The van der Waals surface area contributed by atoms with Crippen LogP contribution in [0.3, 0.4) is 0 Å². The highest BCUT2D eigenvalue weighted by Gasteiger charge is 2.14. The number of carbonyl (C=O) groups is 1. The summed E-state index contributed by atoms with van der Waals surface area (Å²) in [6, 6.07) is 7.67. The number of nitrogens with zero attached hydrogens (tertiary/aromatic N) is 4. The summed E-state index contributed by atoms with van der Waals surface area (Å²) < 4.78 is 8.80. The van der Waals surface area contributed by atoms with Crippen molar-refractivity contribution in [1.82, 2.24) is 24.6 Å². The number of hydrogen-bond acceptors (Lipinski definition) is 5. The summed E-state index contributed by atoms with van der Waals surface area (Å²) in [6.45, 7) is 2.53. The molecule has 0 spiro atoms. The number of rotatable bonds is 6. The summed E-state index contributed by atoms with van der Waals surface area (Å²) in [5, 5.41) is 7.19. The minimum absolute atomic E-state index is 0.118. The summed E-state index contributed by atoms with van der Waals surface area (Å²) >= 11 is 3.25. The highest BCUT2D eigenvalue weighted by Crippen LogP contribution is 2.17. The molecule has 0 saturated heterocycles. The first-order valence-corrected chi connectivity index (χ1v) is 8.79. The predicted octanol–water partition coefficient (Wildman–Crippen LogP) is 1.40. The molecule has 9 heteroatoms. The lowest BCUT2D eigenvalue weighted by Crippen LogP contribution is -2.34. The van der Waals surface area contributed by atoms with Gasteiger partial charge < -0.3 is 10.1 Å². The van der Waals surface area contributed by atoms with E-state index in [-0.39, 0.29) is 18.0 Å². The van der Waals surface area contributed by atoms with Crippen molar-refractivity contribution in [3.63, 3.8) is 0 Å². The Morgan fingerprint density at radius 1 is 1.35 bits per heavy atom. The van der Waals surface area contributed by atoms with Crippen LogP contribution in [0.15, 0.2) is 40.0 Å². The first-order valence-electron chi connectivity index (χ1n) is 8.00. The molecule has 3 aromatic rings. The molecule has 8 nitrogen and oxygen atoms in total. The maximum Gasteiger partial charge on any atom is 0.266 e. The molecule has 0 atom stereocenters. The van der Waals surface area contributed by atoms with Gasteiger partial charge in [-0.05, 0) is 34.5 Å². The van der Waals surface area contributed by atoms with Gasteiger partial charge in [-0.25, -0.2) is 9.67 Å². The number of amides is 1. The van der Waals surface area contributed by atoms with Gasteiger partial charge in [0.25, 0.3) is 5.56 Å². The van der Waals surface area contributed by atoms with Gasteiger partial charge in [0.2, 0.25) is 5.91 Å². The quantitative estimate of drug-likeness (QED) is 0.609. The Bertz CT molecular complexity index is 1010. The fraction of sp³-hybridized carbons (Fsp3) is 0.294. The molecule has 3 rings (SSSR count). The molecule has 0 unspecified atom stereocenters. The monoisotopic (exact) mass is 419 g/mol. The normalized spacial score (nSPS) is 10.9. The van der Waals surface area contributed by atoms with Gasteiger partial charge in [0, 0.05) is 7.05 Å². The van der Waals surface area contributed by atoms with E-state index in [1.807, 2.05) is 31.2 Å². The van der Waals surface area contributed by atoms with Crippen molar-refractivity contribution in [3.05, 3.63) is 51.1 Å². The number of nitrogens with one attached hydrogen (secondary N) is 1. The standard InChI is InChI=1S/C17H18BrN5O3/c1-11-5-3-4-6-12(11)26-8-7-19-13(24)9-23-10-20-16-14(17(23)25)15(18)21-22(16)2/h3-6,10H,7-9H2,1-2H3,(H,19,24). The first-order chi connectivity index (χ1) is 12.5. The maximum absolute atomic E-state index is 12.5. The summed E-state index contributed by atoms with van der Waals surface area (Å²) in [6.07, 6.45) is 1.35. The molecule has 0 bridgehead atoms. The van der Waals surface area contributed by atoms with Crippen LogP contribution in [0, 0.1) is 6.92 Å². The van der Waals surface area contributed by atoms with E-state index in [2.05, 4.69) is 31.3 Å². The summed E-state index contributed by atoms with van der Waals surface area (Å²) in [5.41, 5.74) is 1.18. The van der Waals surface area contributed by atoms with Gasteiger partial charge >= 0.3 is 0 Å². The Hall–Kier alpha value is -2.68. The van der Waals surface area contributed by atoms with Crippen LogP contribution in [0.5, 0.6) is 5.75 Å². The minimum Gasteiger partial charge on any atom is -0.491 e. The molecule has 1 N–H and O–H groups in total. The molecule has 0 aliphatic heterocycles.